The molecule has 9 amide bonds. The van der Waals surface area contributed by atoms with Crippen molar-refractivity contribution in [3.05, 3.63) is 124 Å². The van der Waals surface area contributed by atoms with E-state index in [9.17, 15) is 73.5 Å². The van der Waals surface area contributed by atoms with Crippen LogP contribution in [0.4, 0.5) is 0 Å². The Morgan fingerprint density at radius 1 is 0.613 bits per heavy atom. The SMILES string of the molecule is CC[C@H](C)[C@H](NC(=O)C(CC(=O)[C@@H]1CCCC[C@H](NC(=O)[C@@H](CCC(=O)O)CC(=O)[C@H](Cc2ccc(O)cc2)NC(=O)[C@@H](N)CCN)C(=O)N2CC(O)C[C@H]2C(=O)CC(Cc2ccc(O)c(Cl)c2)C(=O)NCC(=O)CC(CC(C)C)C(=O)N1)Cc1ccc(O)cc1)C(=O)CC(CCC(N)=O)C(=O)NCc1ccc(CNC(=O)C(N)CCN)cc1. The van der Waals surface area contributed by atoms with Crippen molar-refractivity contribution in [2.24, 2.45) is 70.1 Å². The van der Waals surface area contributed by atoms with E-state index in [1.165, 1.54) is 66.7 Å². The monoisotopic (exact) mass is 1680 g/mol. The molecule has 4 aromatic carbocycles. The standard InChI is InChI=1S/C85H118ClN13O20/c1-5-48(4)77(74(108)39-54(19-26-75(91)109)78(112)92-43-51-10-12-52(13-11-51)44-93-83(117)64(89)28-30-87)98-82(116)58(33-49-14-21-59(100)22-15-49)40-71(105)66-8-6-7-9-67(96-80(114)55(20-27-76(110)111)38-72(106)68(97-84(118)65(90)29-31-88)36-50-16-23-60(101)24-17-50)85(119)99-46-62(103)42-69(99)73(107)41-57(34-53-18-25-70(104)63(86)35-53)79(113)94-45-61(102)37-56(32-47(2)3)81(115)95-66/h10-18,21-25,35,47-48,54-58,62,64-69,77,100-101,103-104H,5-9,19-20,26-34,36-46,87-90H2,1-4H3,(H2,91,109)(H,92,112)(H,93,117)(H,94,113)(H,95,115)(H,96,114)(H,97,118)(H,98,116)(H,110,111)/t48-,54?,55-,56?,57?,58?,62?,64?,65-,66-,67-,68-,69-,77-/m0/s1. The van der Waals surface area contributed by atoms with Gasteiger partial charge in [-0.3, -0.25) is 71.9 Å². The molecule has 2 heterocycles. The smallest absolute Gasteiger partial charge is 0.303 e. The number of benzene rings is 4. The molecule has 0 spiro atoms. The number of carbonyl (C=O) groups excluding carboxylic acids is 14. The summed E-state index contributed by atoms with van der Waals surface area (Å²) in [7, 11) is 0. The van der Waals surface area contributed by atoms with Gasteiger partial charge in [0.25, 0.3) is 0 Å². The van der Waals surface area contributed by atoms with E-state index in [2.05, 4.69) is 37.2 Å². The number of hydrogen-bond donors (Lipinski definition) is 17. The second-order valence-corrected chi connectivity index (χ2v) is 32.2. The van der Waals surface area contributed by atoms with Crippen LogP contribution in [0.15, 0.2) is 91.0 Å². The van der Waals surface area contributed by atoms with Gasteiger partial charge in [0, 0.05) is 101 Å². The van der Waals surface area contributed by atoms with Crippen molar-refractivity contribution in [1.29, 1.82) is 0 Å². The molecule has 34 heteroatoms. The van der Waals surface area contributed by atoms with Crippen LogP contribution in [-0.2, 0) is 104 Å². The van der Waals surface area contributed by atoms with E-state index < -0.39 is 224 Å². The average molecular weight is 1680 g/mol. The van der Waals surface area contributed by atoms with Crippen molar-refractivity contribution < 1.29 is 97.5 Å². The van der Waals surface area contributed by atoms with Gasteiger partial charge in [-0.1, -0.05) is 113 Å². The Morgan fingerprint density at radius 3 is 1.75 bits per heavy atom. The van der Waals surface area contributed by atoms with Gasteiger partial charge < -0.3 is 96.3 Å². The largest absolute Gasteiger partial charge is 0.508 e. The molecule has 0 saturated carbocycles. The number of Topliss-reactive ketones (excluding diaryl/α,β-unsaturated/α-hetero) is 5. The fourth-order valence-electron chi connectivity index (χ4n) is 14.6. The molecule has 6 unspecified atom stereocenters. The number of aliphatic hydroxyl groups is 1. The quantitative estimate of drug-likeness (QED) is 0.0303. The number of aliphatic hydroxyl groups excluding tert-OH is 1. The first-order chi connectivity index (χ1) is 56.4. The van der Waals surface area contributed by atoms with Crippen LogP contribution in [-0.4, -0.2) is 193 Å². The molecule has 4 aromatic rings. The number of aliphatic carboxylic acids is 1. The van der Waals surface area contributed by atoms with Crippen molar-refractivity contribution in [1.82, 2.24) is 42.1 Å². The molecule has 0 radical (unpaired) electrons. The summed E-state index contributed by atoms with van der Waals surface area (Å²) >= 11 is 6.31. The van der Waals surface area contributed by atoms with Crippen LogP contribution >= 0.6 is 11.6 Å². The first-order valence-corrected chi connectivity index (χ1v) is 41.0. The van der Waals surface area contributed by atoms with Gasteiger partial charge in [0.05, 0.1) is 53.9 Å². The molecule has 650 valence electrons. The van der Waals surface area contributed by atoms with Gasteiger partial charge in [0.2, 0.25) is 53.2 Å². The lowest BCUT2D eigenvalue weighted by atomic mass is 9.86. The van der Waals surface area contributed by atoms with E-state index in [1.807, 2.05) is 0 Å². The van der Waals surface area contributed by atoms with Crippen LogP contribution in [0.2, 0.25) is 5.02 Å². The predicted octanol–water partition coefficient (Wildman–Crippen LogP) is 2.46. The van der Waals surface area contributed by atoms with Gasteiger partial charge in [-0.25, -0.2) is 0 Å². The number of phenols is 3. The number of primary amides is 1. The maximum absolute atomic E-state index is 15.5. The van der Waals surface area contributed by atoms with Crippen molar-refractivity contribution >= 4 is 99.7 Å². The molecule has 14 atom stereocenters. The highest BCUT2D eigenvalue weighted by Gasteiger charge is 2.44. The minimum atomic E-state index is -1.67. The summed E-state index contributed by atoms with van der Waals surface area (Å²) in [6.45, 7) is 6.31. The molecule has 0 bridgehead atoms. The number of halogens is 1. The number of phenolic OH excluding ortho intramolecular Hbond substituents is 3. The lowest BCUT2D eigenvalue weighted by molar-refractivity contribution is -0.143. The molecular weight excluding hydrogens is 1560 g/mol. The Kier molecular flexibility index (Phi) is 39.6. The molecule has 0 aromatic heterocycles. The van der Waals surface area contributed by atoms with Crippen LogP contribution in [0.5, 0.6) is 17.2 Å². The molecule has 2 saturated heterocycles. The number of nitrogens with one attached hydrogen (secondary N) is 7. The normalized spacial score (nSPS) is 19.8. The predicted molar refractivity (Wildman–Crippen MR) is 439 cm³/mol. The summed E-state index contributed by atoms with van der Waals surface area (Å²) < 4.78 is 0. The number of ketones is 5. The van der Waals surface area contributed by atoms with Gasteiger partial charge in [-0.15, -0.1) is 0 Å². The van der Waals surface area contributed by atoms with Gasteiger partial charge >= 0.3 is 5.97 Å². The third kappa shape index (κ3) is 32.2. The Bertz CT molecular complexity index is 4170. The number of nitrogens with two attached hydrogens (primary N) is 5. The van der Waals surface area contributed by atoms with E-state index in [0.717, 1.165) is 10.5 Å². The average Bonchev–Trinajstić information content (AvgIpc) is 1.71. The Labute approximate surface area is 697 Å². The van der Waals surface area contributed by atoms with Crippen LogP contribution in [0.25, 0.3) is 0 Å². The Hall–Kier alpha value is -10.6. The topological polar surface area (TPSA) is 575 Å². The zero-order valence-electron chi connectivity index (χ0n) is 68.0. The highest BCUT2D eigenvalue weighted by molar-refractivity contribution is 6.32. The number of aromatic hydroxyl groups is 3. The first kappa shape index (κ1) is 97.3. The fourth-order valence-corrected chi connectivity index (χ4v) is 14.8. The second-order valence-electron chi connectivity index (χ2n) is 31.8. The number of carboxylic acid groups (broad SMARTS) is 1. The third-order valence-electron chi connectivity index (χ3n) is 21.7. The van der Waals surface area contributed by atoms with Gasteiger partial charge in [-0.05, 0) is 153 Å². The fraction of sp³-hybridized carbons (Fsp3) is 0.541. The molecule has 22 N–H and O–H groups in total. The van der Waals surface area contributed by atoms with Crippen LogP contribution in [0.1, 0.15) is 171 Å². The summed E-state index contributed by atoms with van der Waals surface area (Å²) in [4.78, 5) is 215. The van der Waals surface area contributed by atoms with Crippen molar-refractivity contribution in [2.45, 2.75) is 224 Å². The Balaban J connectivity index is 1.37. The Morgan fingerprint density at radius 2 is 1.17 bits per heavy atom. The van der Waals surface area contributed by atoms with E-state index in [1.54, 1.807) is 52.0 Å². The molecular formula is C85H118ClN13O20. The maximum Gasteiger partial charge on any atom is 0.303 e. The summed E-state index contributed by atoms with van der Waals surface area (Å²) in [5.41, 5.74) is 31.4. The van der Waals surface area contributed by atoms with E-state index in [0.29, 0.717) is 35.1 Å². The van der Waals surface area contributed by atoms with Crippen LogP contribution in [0.3, 0.4) is 0 Å². The number of fused-ring (bicyclic) bond motifs is 1. The van der Waals surface area contributed by atoms with E-state index in [4.69, 9.17) is 40.3 Å². The highest BCUT2D eigenvalue weighted by Crippen LogP contribution is 2.31. The molecule has 2 aliphatic rings. The van der Waals surface area contributed by atoms with Crippen molar-refractivity contribution in [2.75, 3.05) is 26.2 Å². The summed E-state index contributed by atoms with van der Waals surface area (Å²) in [5.74, 6) is -19.6. The number of rotatable bonds is 41. The second kappa shape index (κ2) is 48.5. The number of nitrogens with zero attached hydrogens (tertiary/aromatic N) is 1. The first-order valence-electron chi connectivity index (χ1n) is 40.6. The summed E-state index contributed by atoms with van der Waals surface area (Å²) in [5, 5.41) is 71.3. The highest BCUT2D eigenvalue weighted by atomic mass is 35.5. The lowest BCUT2D eigenvalue weighted by Crippen LogP contribution is -2.54. The van der Waals surface area contributed by atoms with Gasteiger partial charge in [0.1, 0.15) is 23.3 Å². The molecule has 119 heavy (non-hydrogen) atoms. The van der Waals surface area contributed by atoms with Crippen molar-refractivity contribution in [3.8, 4) is 17.2 Å². The summed E-state index contributed by atoms with van der Waals surface area (Å²) in [6.07, 6.45) is -6.89. The molecule has 6 rings (SSSR count). The number of carboxylic acids is 1. The number of hydrogen-bond acceptors (Lipinski definition) is 23. The maximum atomic E-state index is 15.5. The molecule has 2 fully saturated rings. The minimum absolute atomic E-state index is 0.00678. The number of amides is 9. The molecule has 2 aliphatic heterocycles. The third-order valence-corrected chi connectivity index (χ3v) is 22.0. The van der Waals surface area contributed by atoms with E-state index >= 15 is 24.0 Å². The van der Waals surface area contributed by atoms with Gasteiger partial charge in [0.15, 0.2) is 28.9 Å². The minimum Gasteiger partial charge on any atom is -0.508 e. The zero-order chi connectivity index (χ0) is 87.7. The van der Waals surface area contributed by atoms with Crippen LogP contribution in [0, 0.1) is 41.4 Å². The molecule has 0 aliphatic carbocycles. The summed E-state index contributed by atoms with van der Waals surface area (Å²) in [6, 6.07) is 13.2. The zero-order valence-corrected chi connectivity index (χ0v) is 68.7. The number of carbonyl (C=O) groups is 15. The van der Waals surface area contributed by atoms with Crippen LogP contribution < -0.4 is 65.9 Å². The van der Waals surface area contributed by atoms with E-state index in [-0.39, 0.29) is 137 Å². The van der Waals surface area contributed by atoms with Crippen molar-refractivity contribution in [3.63, 3.8) is 0 Å². The lowest BCUT2D eigenvalue weighted by Gasteiger charge is -2.30. The van der Waals surface area contributed by atoms with Gasteiger partial charge in [-0.2, -0.15) is 0 Å². The molecule has 33 nitrogen and oxygen atoms in total.